The van der Waals surface area contributed by atoms with Crippen molar-refractivity contribution < 1.29 is 19.4 Å². The molecule has 170 valence electrons. The zero-order chi connectivity index (χ0) is 22.2. The summed E-state index contributed by atoms with van der Waals surface area (Å²) in [5.41, 5.74) is 0.159. The Balaban J connectivity index is 2.71. The van der Waals surface area contributed by atoms with E-state index >= 15 is 0 Å². The number of benzene rings is 1. The molecule has 4 nitrogen and oxygen atoms in total. The second-order valence-corrected chi connectivity index (χ2v) is 8.44. The lowest BCUT2D eigenvalue weighted by Gasteiger charge is -2.23. The van der Waals surface area contributed by atoms with Crippen LogP contribution in [0.1, 0.15) is 125 Å². The smallest absolute Gasteiger partial charge is 0.339 e. The van der Waals surface area contributed by atoms with Gasteiger partial charge < -0.3 is 9.84 Å². The largest absolute Gasteiger partial charge is 0.478 e. The van der Waals surface area contributed by atoms with E-state index < -0.39 is 11.9 Å². The van der Waals surface area contributed by atoms with Crippen LogP contribution in [0.5, 0.6) is 0 Å². The van der Waals surface area contributed by atoms with Crippen LogP contribution in [0, 0.1) is 5.92 Å². The zero-order valence-electron chi connectivity index (χ0n) is 19.3. The highest BCUT2D eigenvalue weighted by molar-refractivity contribution is 6.02. The van der Waals surface area contributed by atoms with Crippen molar-refractivity contribution in [3.8, 4) is 0 Å². The molecule has 0 spiro atoms. The van der Waals surface area contributed by atoms with Gasteiger partial charge >= 0.3 is 11.9 Å². The van der Waals surface area contributed by atoms with Gasteiger partial charge in [-0.1, -0.05) is 97.1 Å². The fourth-order valence-electron chi connectivity index (χ4n) is 3.97. The first-order valence-corrected chi connectivity index (χ1v) is 12.1. The van der Waals surface area contributed by atoms with Gasteiger partial charge in [0.2, 0.25) is 0 Å². The minimum absolute atomic E-state index is 0.00944. The average Bonchev–Trinajstić information content (AvgIpc) is 2.75. The number of rotatable bonds is 17. The summed E-state index contributed by atoms with van der Waals surface area (Å²) >= 11 is 0. The second kappa shape index (κ2) is 15.9. The van der Waals surface area contributed by atoms with Crippen LogP contribution in [0.2, 0.25) is 0 Å². The Labute approximate surface area is 183 Å². The summed E-state index contributed by atoms with van der Waals surface area (Å²) in [5.74, 6) is -1.06. The van der Waals surface area contributed by atoms with Gasteiger partial charge in [0.15, 0.2) is 0 Å². The van der Waals surface area contributed by atoms with Crippen LogP contribution in [-0.2, 0) is 4.74 Å². The summed E-state index contributed by atoms with van der Waals surface area (Å²) in [6.07, 6.45) is 14.8. The van der Waals surface area contributed by atoms with Crippen molar-refractivity contribution in [1.82, 2.24) is 0 Å². The summed E-state index contributed by atoms with van der Waals surface area (Å²) < 4.78 is 5.88. The number of unbranched alkanes of at least 4 members (excludes halogenated alkanes) is 7. The summed E-state index contributed by atoms with van der Waals surface area (Å²) in [6.45, 7) is 6.63. The van der Waals surface area contributed by atoms with Crippen molar-refractivity contribution in [2.24, 2.45) is 5.92 Å². The molecule has 0 aliphatic heterocycles. The molecule has 0 fully saturated rings. The first-order valence-electron chi connectivity index (χ1n) is 12.1. The molecule has 2 atom stereocenters. The molecule has 1 rings (SSSR count). The van der Waals surface area contributed by atoms with Gasteiger partial charge in [0.05, 0.1) is 11.1 Å². The third kappa shape index (κ3) is 10.3. The van der Waals surface area contributed by atoms with Gasteiger partial charge in [-0.25, -0.2) is 9.59 Å². The molecular formula is C26H42O4. The van der Waals surface area contributed by atoms with Crippen LogP contribution in [0.15, 0.2) is 24.3 Å². The Morgan fingerprint density at radius 2 is 1.43 bits per heavy atom. The third-order valence-corrected chi connectivity index (χ3v) is 5.92. The lowest BCUT2D eigenvalue weighted by atomic mass is 9.91. The van der Waals surface area contributed by atoms with E-state index in [0.29, 0.717) is 5.92 Å². The van der Waals surface area contributed by atoms with Gasteiger partial charge in [-0.05, 0) is 37.3 Å². The van der Waals surface area contributed by atoms with Crippen LogP contribution in [-0.4, -0.2) is 23.1 Å². The lowest BCUT2D eigenvalue weighted by Crippen LogP contribution is -2.23. The average molecular weight is 419 g/mol. The standard InChI is InChI=1S/C26H42O4/c1-4-7-9-10-11-12-13-17-22(20-21(6-3)16-8-5-2)30-26(29)24-19-15-14-18-23(24)25(27)28/h14-15,18-19,21-22H,4-13,16-17,20H2,1-3H3,(H,27,28). The van der Waals surface area contributed by atoms with Gasteiger partial charge in [-0.15, -0.1) is 0 Å². The van der Waals surface area contributed by atoms with Gasteiger partial charge in [0.1, 0.15) is 6.10 Å². The molecule has 1 N–H and O–H groups in total. The van der Waals surface area contributed by atoms with Crippen LogP contribution in [0.4, 0.5) is 0 Å². The second-order valence-electron chi connectivity index (χ2n) is 8.44. The van der Waals surface area contributed by atoms with Gasteiger partial charge in [-0.2, -0.15) is 0 Å². The SMILES string of the molecule is CCCCCCCCCC(CC(CC)CCCC)OC(=O)c1ccccc1C(=O)O. The molecular weight excluding hydrogens is 376 g/mol. The number of ether oxygens (including phenoxy) is 1. The molecule has 1 aromatic rings. The molecule has 0 aliphatic carbocycles. The summed E-state index contributed by atoms with van der Waals surface area (Å²) in [6, 6.07) is 6.32. The van der Waals surface area contributed by atoms with Gasteiger partial charge in [0.25, 0.3) is 0 Å². The van der Waals surface area contributed by atoms with Crippen molar-refractivity contribution in [2.45, 2.75) is 110 Å². The molecule has 0 saturated carbocycles. The zero-order valence-corrected chi connectivity index (χ0v) is 19.3. The molecule has 0 amide bonds. The maximum absolute atomic E-state index is 12.8. The summed E-state index contributed by atoms with van der Waals surface area (Å²) in [4.78, 5) is 24.3. The summed E-state index contributed by atoms with van der Waals surface area (Å²) in [5, 5.41) is 9.38. The van der Waals surface area contributed by atoms with Crippen molar-refractivity contribution in [3.05, 3.63) is 35.4 Å². The van der Waals surface area contributed by atoms with E-state index in [9.17, 15) is 14.7 Å². The minimum Gasteiger partial charge on any atom is -0.478 e. The molecule has 0 bridgehead atoms. The van der Waals surface area contributed by atoms with E-state index in [1.807, 2.05) is 0 Å². The van der Waals surface area contributed by atoms with E-state index in [2.05, 4.69) is 20.8 Å². The molecule has 0 heterocycles. The molecule has 0 aliphatic rings. The Bertz CT molecular complexity index is 611. The van der Waals surface area contributed by atoms with Crippen molar-refractivity contribution in [3.63, 3.8) is 0 Å². The first kappa shape index (κ1) is 26.2. The van der Waals surface area contributed by atoms with Crippen LogP contribution in [0.3, 0.4) is 0 Å². The highest BCUT2D eigenvalue weighted by atomic mass is 16.5. The van der Waals surface area contributed by atoms with Crippen molar-refractivity contribution in [1.29, 1.82) is 0 Å². The van der Waals surface area contributed by atoms with Gasteiger partial charge in [0, 0.05) is 0 Å². The van der Waals surface area contributed by atoms with Crippen LogP contribution >= 0.6 is 0 Å². The monoisotopic (exact) mass is 418 g/mol. The molecule has 30 heavy (non-hydrogen) atoms. The topological polar surface area (TPSA) is 63.6 Å². The van der Waals surface area contributed by atoms with E-state index in [1.54, 1.807) is 18.2 Å². The van der Waals surface area contributed by atoms with Crippen molar-refractivity contribution >= 4 is 11.9 Å². The number of esters is 1. The molecule has 1 aromatic carbocycles. The molecule has 2 unspecified atom stereocenters. The van der Waals surface area contributed by atoms with E-state index in [-0.39, 0.29) is 17.2 Å². The summed E-state index contributed by atoms with van der Waals surface area (Å²) in [7, 11) is 0. The van der Waals surface area contributed by atoms with E-state index in [1.165, 1.54) is 51.0 Å². The Kier molecular flexibility index (Phi) is 13.9. The van der Waals surface area contributed by atoms with Crippen LogP contribution in [0.25, 0.3) is 0 Å². The Morgan fingerprint density at radius 1 is 0.833 bits per heavy atom. The van der Waals surface area contributed by atoms with E-state index in [4.69, 9.17) is 4.74 Å². The molecule has 4 heteroatoms. The number of carboxylic acid groups (broad SMARTS) is 1. The number of carbonyl (C=O) groups is 2. The number of aromatic carboxylic acids is 1. The van der Waals surface area contributed by atoms with Crippen LogP contribution < -0.4 is 0 Å². The number of hydrogen-bond acceptors (Lipinski definition) is 3. The maximum atomic E-state index is 12.8. The Morgan fingerprint density at radius 3 is 2.03 bits per heavy atom. The predicted octanol–water partition coefficient (Wildman–Crippen LogP) is 7.66. The highest BCUT2D eigenvalue weighted by Crippen LogP contribution is 2.24. The molecule has 0 aromatic heterocycles. The quantitative estimate of drug-likeness (QED) is 0.208. The normalized spacial score (nSPS) is 13.0. The fourth-order valence-corrected chi connectivity index (χ4v) is 3.97. The van der Waals surface area contributed by atoms with Gasteiger partial charge in [-0.3, -0.25) is 0 Å². The number of hydrogen-bond donors (Lipinski definition) is 1. The fraction of sp³-hybridized carbons (Fsp3) is 0.692. The highest BCUT2D eigenvalue weighted by Gasteiger charge is 2.23. The maximum Gasteiger partial charge on any atom is 0.339 e. The minimum atomic E-state index is -1.10. The van der Waals surface area contributed by atoms with Crippen molar-refractivity contribution in [2.75, 3.05) is 0 Å². The predicted molar refractivity (Wildman–Crippen MR) is 123 cm³/mol. The number of carboxylic acids is 1. The third-order valence-electron chi connectivity index (χ3n) is 5.92. The molecule has 0 saturated heterocycles. The first-order chi connectivity index (χ1) is 14.5. The lowest BCUT2D eigenvalue weighted by molar-refractivity contribution is 0.0201. The Hall–Kier alpha value is -1.84. The number of carbonyl (C=O) groups excluding carboxylic acids is 1. The molecule has 0 radical (unpaired) electrons. The van der Waals surface area contributed by atoms with E-state index in [0.717, 1.165) is 38.5 Å².